The lowest BCUT2D eigenvalue weighted by molar-refractivity contribution is -0.149. The van der Waals surface area contributed by atoms with Crippen LogP contribution in [0.2, 0.25) is 0 Å². The fourth-order valence-corrected chi connectivity index (χ4v) is 8.94. The second-order valence-electron chi connectivity index (χ2n) is 15.7. The zero-order valence-electron chi connectivity index (χ0n) is 33.5. The summed E-state index contributed by atoms with van der Waals surface area (Å²) in [5.41, 5.74) is 2.14. The number of nitrogens with zero attached hydrogens (tertiary/aromatic N) is 2. The summed E-state index contributed by atoms with van der Waals surface area (Å²) in [4.78, 5) is 57.9. The predicted octanol–water partition coefficient (Wildman–Crippen LogP) is 5.23. The Kier molecular flexibility index (Phi) is 17.2. The summed E-state index contributed by atoms with van der Waals surface area (Å²) in [5, 5.41) is 21.0. The van der Waals surface area contributed by atoms with Crippen molar-refractivity contribution in [2.75, 3.05) is 34.0 Å². The van der Waals surface area contributed by atoms with Crippen molar-refractivity contribution in [2.45, 2.75) is 140 Å². The first-order valence-corrected chi connectivity index (χ1v) is 21.0. The van der Waals surface area contributed by atoms with E-state index in [0.29, 0.717) is 31.6 Å². The highest BCUT2D eigenvalue weighted by molar-refractivity contribution is 8.03. The first-order valence-electron chi connectivity index (χ1n) is 20.0. The molecule has 0 radical (unpaired) electrons. The monoisotopic (exact) mass is 771 g/mol. The zero-order valence-corrected chi connectivity index (χ0v) is 34.3. The second kappa shape index (κ2) is 21.2. The van der Waals surface area contributed by atoms with Crippen LogP contribution in [-0.2, 0) is 35.1 Å². The van der Waals surface area contributed by atoms with Gasteiger partial charge in [-0.1, -0.05) is 84.6 Å². The van der Waals surface area contributed by atoms with Crippen LogP contribution in [0.5, 0.6) is 0 Å². The Morgan fingerprint density at radius 1 is 1.11 bits per heavy atom. The van der Waals surface area contributed by atoms with Gasteiger partial charge in [0.2, 0.25) is 11.8 Å². The highest BCUT2D eigenvalue weighted by atomic mass is 32.2. The number of carbonyl (C=O) groups is 4. The first kappa shape index (κ1) is 43.6. The minimum absolute atomic E-state index is 0.0297. The van der Waals surface area contributed by atoms with Crippen LogP contribution >= 0.6 is 11.8 Å². The van der Waals surface area contributed by atoms with Crippen LogP contribution in [0.25, 0.3) is 0 Å². The fourth-order valence-electron chi connectivity index (χ4n) is 7.89. The highest BCUT2D eigenvalue weighted by Crippen LogP contribution is 2.33. The van der Waals surface area contributed by atoms with Crippen LogP contribution < -0.4 is 16.0 Å². The van der Waals surface area contributed by atoms with Gasteiger partial charge in [0.15, 0.2) is 0 Å². The lowest BCUT2D eigenvalue weighted by atomic mass is 9.80. The lowest BCUT2D eigenvalue weighted by Gasteiger charge is -2.40. The van der Waals surface area contributed by atoms with Crippen LogP contribution in [0.3, 0.4) is 0 Å². The third kappa shape index (κ3) is 11.5. The molecule has 302 valence electrons. The van der Waals surface area contributed by atoms with E-state index >= 15 is 0 Å². The molecular formula is C41H65N5O7S. The summed E-state index contributed by atoms with van der Waals surface area (Å²) in [5.74, 6) is -2.18. The largest absolute Gasteiger partial charge is 0.481 e. The van der Waals surface area contributed by atoms with Crippen molar-refractivity contribution in [1.82, 2.24) is 25.8 Å². The Hall–Kier alpha value is -3.13. The minimum atomic E-state index is -0.897. The molecule has 3 amide bonds. The number of rotatable bonds is 20. The van der Waals surface area contributed by atoms with Gasteiger partial charge in [-0.05, 0) is 75.1 Å². The standard InChI is InChI=1S/C41H65N5O7S/c1-8-10-15-20-53-25-46(40(49)36(27(5)9-2)44-38(48)33-18-13-14-19-45(33)6)34(26(3)4)23-35(52-7)39-43-32(24-54-39)37(47)42-29-21-28-16-11-12-17-30(28)31(22-29)41(50)51/h11-12,16-17,24,26-27,29,31,33-36,39,43H,8-10,13-15,18-23,25H2,1-7H3,(H,42,47)(H,44,48)(H,50,51)/t27-,29-,31+,33+,34+,35+,36-,39?/m0/s1. The van der Waals surface area contributed by atoms with Crippen molar-refractivity contribution >= 4 is 35.5 Å². The molecule has 0 saturated carbocycles. The molecule has 54 heavy (non-hydrogen) atoms. The van der Waals surface area contributed by atoms with E-state index in [0.717, 1.165) is 62.6 Å². The normalized spacial score (nSPS) is 23.7. The first-order chi connectivity index (χ1) is 25.9. The van der Waals surface area contributed by atoms with Crippen LogP contribution in [0.4, 0.5) is 0 Å². The molecule has 1 fully saturated rings. The SMILES string of the molecule is CCCCCOCN(C(=O)[C@@H](NC(=O)[C@H]1CCCCN1C)[C@@H](C)CC)[C@H](C[C@@H](OC)C1NC(C(=O)N[C@H]2Cc3ccccc3[C@H](C(=O)O)C2)=CS1)C(C)C. The second-order valence-corrected chi connectivity index (χ2v) is 16.7. The molecule has 13 heteroatoms. The van der Waals surface area contributed by atoms with Crippen molar-refractivity contribution in [2.24, 2.45) is 11.8 Å². The number of aliphatic carboxylic acids is 1. The highest BCUT2D eigenvalue weighted by Gasteiger charge is 2.40. The molecule has 1 aromatic rings. The van der Waals surface area contributed by atoms with E-state index in [1.807, 2.05) is 50.1 Å². The number of unbranched alkanes of at least 4 members (excludes halogenated alkanes) is 2. The van der Waals surface area contributed by atoms with Gasteiger partial charge in [-0.15, -0.1) is 11.8 Å². The number of benzene rings is 1. The number of fused-ring (bicyclic) bond motifs is 1. The van der Waals surface area contributed by atoms with Crippen molar-refractivity contribution in [3.8, 4) is 0 Å². The molecule has 4 rings (SSSR count). The van der Waals surface area contributed by atoms with Crippen LogP contribution in [-0.4, -0.2) is 108 Å². The van der Waals surface area contributed by atoms with Gasteiger partial charge in [0.1, 0.15) is 23.8 Å². The average molecular weight is 772 g/mol. The number of methoxy groups -OCH3 is 1. The Balaban J connectivity index is 1.47. The summed E-state index contributed by atoms with van der Waals surface area (Å²) in [7, 11) is 3.62. The Morgan fingerprint density at radius 3 is 2.54 bits per heavy atom. The summed E-state index contributed by atoms with van der Waals surface area (Å²) in [6.07, 6.45) is 7.51. The number of amides is 3. The zero-order chi connectivity index (χ0) is 39.4. The number of likely N-dealkylation sites (tertiary alicyclic amines) is 1. The van der Waals surface area contributed by atoms with Gasteiger partial charge in [0.25, 0.3) is 5.91 Å². The minimum Gasteiger partial charge on any atom is -0.481 e. The van der Waals surface area contributed by atoms with Gasteiger partial charge in [-0.3, -0.25) is 24.1 Å². The maximum Gasteiger partial charge on any atom is 0.311 e. The molecule has 1 aromatic carbocycles. The number of hydrogen-bond acceptors (Lipinski definition) is 9. The molecule has 4 N–H and O–H groups in total. The van der Waals surface area contributed by atoms with E-state index in [4.69, 9.17) is 9.47 Å². The Bertz CT molecular complexity index is 1440. The molecule has 2 heterocycles. The van der Waals surface area contributed by atoms with E-state index in [-0.39, 0.29) is 65.9 Å². The molecule has 1 unspecified atom stereocenters. The summed E-state index contributed by atoms with van der Waals surface area (Å²) >= 11 is 1.46. The Morgan fingerprint density at radius 2 is 1.87 bits per heavy atom. The molecule has 1 aliphatic carbocycles. The van der Waals surface area contributed by atoms with Gasteiger partial charge in [0, 0.05) is 31.2 Å². The van der Waals surface area contributed by atoms with E-state index < -0.39 is 17.9 Å². The van der Waals surface area contributed by atoms with Gasteiger partial charge < -0.3 is 35.4 Å². The van der Waals surface area contributed by atoms with Gasteiger partial charge in [-0.25, -0.2) is 0 Å². The quantitative estimate of drug-likeness (QED) is 0.103. The molecule has 0 bridgehead atoms. The fraction of sp³-hybridized carbons (Fsp3) is 0.707. The molecular weight excluding hydrogens is 707 g/mol. The molecule has 12 nitrogen and oxygen atoms in total. The number of carbonyl (C=O) groups excluding carboxylic acids is 3. The number of piperidine rings is 1. The van der Waals surface area contributed by atoms with Crippen molar-refractivity contribution in [3.63, 3.8) is 0 Å². The molecule has 0 spiro atoms. The molecule has 2 aliphatic heterocycles. The van der Waals surface area contributed by atoms with E-state index in [1.54, 1.807) is 12.5 Å². The van der Waals surface area contributed by atoms with E-state index in [9.17, 15) is 24.3 Å². The maximum absolute atomic E-state index is 14.7. The summed E-state index contributed by atoms with van der Waals surface area (Å²) in [6.45, 7) is 11.9. The number of carboxylic acids is 1. The van der Waals surface area contributed by atoms with E-state index in [2.05, 4.69) is 41.6 Å². The summed E-state index contributed by atoms with van der Waals surface area (Å²) in [6, 6.07) is 5.95. The van der Waals surface area contributed by atoms with Crippen molar-refractivity contribution in [3.05, 3.63) is 46.5 Å². The van der Waals surface area contributed by atoms with Crippen LogP contribution in [0.1, 0.15) is 109 Å². The molecule has 8 atom stereocenters. The van der Waals surface area contributed by atoms with Crippen molar-refractivity contribution < 1.29 is 33.8 Å². The average Bonchev–Trinajstić information content (AvgIpc) is 3.65. The summed E-state index contributed by atoms with van der Waals surface area (Å²) < 4.78 is 12.3. The van der Waals surface area contributed by atoms with Crippen LogP contribution in [0.15, 0.2) is 35.4 Å². The predicted molar refractivity (Wildman–Crippen MR) is 213 cm³/mol. The molecule has 0 aromatic heterocycles. The van der Waals surface area contributed by atoms with Gasteiger partial charge in [0.05, 0.1) is 18.1 Å². The van der Waals surface area contributed by atoms with Crippen LogP contribution in [0, 0.1) is 11.8 Å². The number of hydrogen-bond donors (Lipinski definition) is 4. The smallest absolute Gasteiger partial charge is 0.311 e. The Labute approximate surface area is 326 Å². The van der Waals surface area contributed by atoms with Gasteiger partial charge >= 0.3 is 5.97 Å². The third-order valence-corrected chi connectivity index (χ3v) is 12.6. The van der Waals surface area contributed by atoms with E-state index in [1.165, 1.54) is 11.8 Å². The lowest BCUT2D eigenvalue weighted by Crippen LogP contribution is -2.59. The van der Waals surface area contributed by atoms with Crippen molar-refractivity contribution in [1.29, 1.82) is 0 Å². The number of ether oxygens (including phenoxy) is 2. The van der Waals surface area contributed by atoms with Gasteiger partial charge in [-0.2, -0.15) is 0 Å². The number of likely N-dealkylation sites (N-methyl/N-ethyl adjacent to an activating group) is 1. The maximum atomic E-state index is 14.7. The number of thioether (sulfide) groups is 1. The topological polar surface area (TPSA) is 150 Å². The number of nitrogens with one attached hydrogen (secondary N) is 3. The molecule has 1 saturated heterocycles. The molecule has 3 aliphatic rings. The third-order valence-electron chi connectivity index (χ3n) is 11.5. The number of carboxylic acid groups (broad SMARTS) is 1.